The van der Waals surface area contributed by atoms with Crippen LogP contribution in [0.25, 0.3) is 32.2 Å². The Balaban J connectivity index is 1.41. The summed E-state index contributed by atoms with van der Waals surface area (Å²) in [5, 5.41) is 5.99. The number of carbonyl (C=O) groups excluding carboxylic acids is 1. The molecule has 1 aliphatic rings. The van der Waals surface area contributed by atoms with Gasteiger partial charge in [-0.2, -0.15) is 0 Å². The van der Waals surface area contributed by atoms with Crippen LogP contribution in [-0.4, -0.2) is 50.9 Å². The predicted molar refractivity (Wildman–Crippen MR) is 125 cm³/mol. The summed E-state index contributed by atoms with van der Waals surface area (Å²) in [6, 6.07) is 6.21. The lowest BCUT2D eigenvalue weighted by Crippen LogP contribution is -2.38. The van der Waals surface area contributed by atoms with Gasteiger partial charge in [0.15, 0.2) is 0 Å². The van der Waals surface area contributed by atoms with Crippen molar-refractivity contribution in [3.05, 3.63) is 40.6 Å². The highest BCUT2D eigenvalue weighted by molar-refractivity contribution is 7.16. The van der Waals surface area contributed by atoms with Gasteiger partial charge in [-0.15, -0.1) is 22.7 Å². The molecule has 0 radical (unpaired) electrons. The summed E-state index contributed by atoms with van der Waals surface area (Å²) in [5.74, 6) is 0.938. The number of carbonyl (C=O) groups is 1. The van der Waals surface area contributed by atoms with E-state index in [0.29, 0.717) is 6.54 Å². The van der Waals surface area contributed by atoms with E-state index in [9.17, 15) is 4.79 Å². The number of likely N-dealkylation sites (tertiary alicyclic amines) is 1. The number of nitrogens with zero attached hydrogens (tertiary/aromatic N) is 4. The monoisotopic (exact) mass is 452 g/mol. The van der Waals surface area contributed by atoms with Crippen molar-refractivity contribution in [2.75, 3.05) is 20.1 Å². The molecule has 4 aromatic rings. The number of benzene rings is 1. The number of thiazole rings is 2. The van der Waals surface area contributed by atoms with Gasteiger partial charge in [0.1, 0.15) is 16.5 Å². The lowest BCUT2D eigenvalue weighted by atomic mass is 9.96. The largest absolute Gasteiger partial charge is 0.349 e. The molecule has 5 rings (SSSR count). The summed E-state index contributed by atoms with van der Waals surface area (Å²) < 4.78 is 1.13. The Morgan fingerprint density at radius 1 is 1.26 bits per heavy atom. The molecule has 0 atom stereocenters. The van der Waals surface area contributed by atoms with Crippen LogP contribution in [0, 0.1) is 12.8 Å². The molecule has 0 saturated carbocycles. The van der Waals surface area contributed by atoms with Gasteiger partial charge in [0.2, 0.25) is 5.91 Å². The zero-order chi connectivity index (χ0) is 21.4. The number of hydrogen-bond acceptors (Lipinski definition) is 7. The molecular formula is C22H24N6OS2. The van der Waals surface area contributed by atoms with Crippen LogP contribution in [0.1, 0.15) is 24.4 Å². The summed E-state index contributed by atoms with van der Waals surface area (Å²) in [6.45, 7) is 4.30. The van der Waals surface area contributed by atoms with Gasteiger partial charge >= 0.3 is 0 Å². The fraction of sp³-hybridized carbons (Fsp3) is 0.364. The Labute approximate surface area is 188 Å². The van der Waals surface area contributed by atoms with Crippen LogP contribution in [-0.2, 0) is 11.3 Å². The normalized spacial score (nSPS) is 15.5. The van der Waals surface area contributed by atoms with E-state index >= 15 is 0 Å². The molecule has 2 N–H and O–H groups in total. The zero-order valence-electron chi connectivity index (χ0n) is 17.5. The molecule has 9 heteroatoms. The predicted octanol–water partition coefficient (Wildman–Crippen LogP) is 4.08. The molecular weight excluding hydrogens is 428 g/mol. The van der Waals surface area contributed by atoms with E-state index in [0.717, 1.165) is 69.6 Å². The third-order valence-electron chi connectivity index (χ3n) is 5.71. The number of aromatic amines is 1. The number of aryl methyl sites for hydroxylation is 1. The molecule has 0 unspecified atom stereocenters. The SMILES string of the molecule is Cc1csc(-c2nc(CNC(=O)C3CCN(C)CC3)[nH]c2-c2ccc3ncsc3c2)n1. The molecule has 0 bridgehead atoms. The maximum absolute atomic E-state index is 12.6. The minimum atomic E-state index is 0.0838. The van der Waals surface area contributed by atoms with E-state index in [1.807, 2.05) is 23.9 Å². The van der Waals surface area contributed by atoms with Gasteiger partial charge in [0.05, 0.1) is 28.0 Å². The number of nitrogens with one attached hydrogen (secondary N) is 2. The van der Waals surface area contributed by atoms with Crippen molar-refractivity contribution in [1.29, 1.82) is 0 Å². The average molecular weight is 453 g/mol. The molecule has 7 nitrogen and oxygen atoms in total. The first-order valence-corrected chi connectivity index (χ1v) is 12.1. The Kier molecular flexibility index (Phi) is 5.56. The first kappa shape index (κ1) is 20.3. The first-order chi connectivity index (χ1) is 15.1. The fourth-order valence-electron chi connectivity index (χ4n) is 3.93. The third kappa shape index (κ3) is 4.26. The van der Waals surface area contributed by atoms with Crippen LogP contribution >= 0.6 is 22.7 Å². The minimum absolute atomic E-state index is 0.0838. The van der Waals surface area contributed by atoms with Crippen molar-refractivity contribution in [1.82, 2.24) is 30.2 Å². The maximum atomic E-state index is 12.6. The van der Waals surface area contributed by atoms with E-state index in [1.54, 1.807) is 22.7 Å². The van der Waals surface area contributed by atoms with Crippen LogP contribution < -0.4 is 5.32 Å². The van der Waals surface area contributed by atoms with Crippen LogP contribution in [0.4, 0.5) is 0 Å². The van der Waals surface area contributed by atoms with E-state index in [-0.39, 0.29) is 11.8 Å². The number of rotatable bonds is 5. The molecule has 31 heavy (non-hydrogen) atoms. The quantitative estimate of drug-likeness (QED) is 0.477. The van der Waals surface area contributed by atoms with Gasteiger partial charge in [-0.25, -0.2) is 15.0 Å². The van der Waals surface area contributed by atoms with Crippen molar-refractivity contribution in [3.63, 3.8) is 0 Å². The first-order valence-electron chi connectivity index (χ1n) is 10.4. The molecule has 0 spiro atoms. The second kappa shape index (κ2) is 8.49. The van der Waals surface area contributed by atoms with Gasteiger partial charge in [0, 0.05) is 22.6 Å². The van der Waals surface area contributed by atoms with Gasteiger partial charge in [-0.1, -0.05) is 6.07 Å². The van der Waals surface area contributed by atoms with E-state index in [2.05, 4.69) is 44.3 Å². The molecule has 1 saturated heterocycles. The zero-order valence-corrected chi connectivity index (χ0v) is 19.1. The smallest absolute Gasteiger partial charge is 0.223 e. The molecule has 160 valence electrons. The highest BCUT2D eigenvalue weighted by atomic mass is 32.1. The second-order valence-electron chi connectivity index (χ2n) is 8.03. The number of hydrogen-bond donors (Lipinski definition) is 2. The standard InChI is InChI=1S/C22H24N6OS2/c1-13-11-30-22(25-13)20-19(15-3-4-16-17(9-15)31-12-24-16)26-18(27-20)10-23-21(29)14-5-7-28(2)8-6-14/h3-4,9,11-12,14H,5-8,10H2,1-2H3,(H,23,29)(H,26,27). The second-order valence-corrected chi connectivity index (χ2v) is 9.78. The van der Waals surface area contributed by atoms with Crippen molar-refractivity contribution in [2.24, 2.45) is 5.92 Å². The van der Waals surface area contributed by atoms with Crippen molar-refractivity contribution < 1.29 is 4.79 Å². The number of amides is 1. The van der Waals surface area contributed by atoms with Crippen molar-refractivity contribution >= 4 is 38.8 Å². The summed E-state index contributed by atoms with van der Waals surface area (Å²) in [4.78, 5) is 32.2. The molecule has 1 fully saturated rings. The molecule has 1 aromatic carbocycles. The number of piperidine rings is 1. The molecule has 0 aliphatic carbocycles. The summed E-state index contributed by atoms with van der Waals surface area (Å²) in [5.41, 5.74) is 6.62. The highest BCUT2D eigenvalue weighted by Crippen LogP contribution is 2.34. The molecule has 4 heterocycles. The van der Waals surface area contributed by atoms with E-state index < -0.39 is 0 Å². The summed E-state index contributed by atoms with van der Waals surface area (Å²) in [6.07, 6.45) is 1.81. The number of aromatic nitrogens is 4. The van der Waals surface area contributed by atoms with Crippen molar-refractivity contribution in [2.45, 2.75) is 26.3 Å². The van der Waals surface area contributed by atoms with Crippen molar-refractivity contribution in [3.8, 4) is 22.0 Å². The molecule has 3 aromatic heterocycles. The number of fused-ring (bicyclic) bond motifs is 1. The topological polar surface area (TPSA) is 86.8 Å². The van der Waals surface area contributed by atoms with E-state index in [1.165, 1.54) is 0 Å². The van der Waals surface area contributed by atoms with Crippen LogP contribution in [0.3, 0.4) is 0 Å². The molecule has 1 aliphatic heterocycles. The van der Waals surface area contributed by atoms with Crippen LogP contribution in [0.5, 0.6) is 0 Å². The Morgan fingerprint density at radius 3 is 2.87 bits per heavy atom. The third-order valence-corrected chi connectivity index (χ3v) is 7.47. The summed E-state index contributed by atoms with van der Waals surface area (Å²) in [7, 11) is 2.10. The number of H-pyrrole nitrogens is 1. The van der Waals surface area contributed by atoms with Gasteiger partial charge < -0.3 is 15.2 Å². The lowest BCUT2D eigenvalue weighted by molar-refractivity contribution is -0.126. The maximum Gasteiger partial charge on any atom is 0.223 e. The fourth-order valence-corrected chi connectivity index (χ4v) is 5.44. The molecule has 1 amide bonds. The van der Waals surface area contributed by atoms with Gasteiger partial charge in [-0.05, 0) is 52.0 Å². The minimum Gasteiger partial charge on any atom is -0.349 e. The Hall–Kier alpha value is -2.62. The Morgan fingerprint density at radius 2 is 2.10 bits per heavy atom. The average Bonchev–Trinajstić information content (AvgIpc) is 3.51. The van der Waals surface area contributed by atoms with Gasteiger partial charge in [0.25, 0.3) is 0 Å². The van der Waals surface area contributed by atoms with Crippen LogP contribution in [0.2, 0.25) is 0 Å². The number of imidazole rings is 1. The highest BCUT2D eigenvalue weighted by Gasteiger charge is 2.24. The van der Waals surface area contributed by atoms with Crippen LogP contribution in [0.15, 0.2) is 29.1 Å². The lowest BCUT2D eigenvalue weighted by Gasteiger charge is -2.27. The van der Waals surface area contributed by atoms with E-state index in [4.69, 9.17) is 4.98 Å². The summed E-state index contributed by atoms with van der Waals surface area (Å²) >= 11 is 3.20. The Bertz CT molecular complexity index is 1220. The van der Waals surface area contributed by atoms with Gasteiger partial charge in [-0.3, -0.25) is 4.79 Å².